The molecule has 0 fully saturated rings. The maximum Gasteiger partial charge on any atom is 0.329 e. The molecule has 0 aromatic heterocycles. The van der Waals surface area contributed by atoms with Gasteiger partial charge >= 0.3 is 7.60 Å². The molecule has 0 bridgehead atoms. The van der Waals surface area contributed by atoms with Crippen molar-refractivity contribution in [3.8, 4) is 0 Å². The van der Waals surface area contributed by atoms with Crippen LogP contribution in [0.5, 0.6) is 0 Å². The number of hydrogen-bond donors (Lipinski definition) is 3. The summed E-state index contributed by atoms with van der Waals surface area (Å²) >= 11 is 4.90. The Morgan fingerprint density at radius 2 is 1.89 bits per heavy atom. The van der Waals surface area contributed by atoms with Crippen LogP contribution in [0.2, 0.25) is 0 Å². The van der Waals surface area contributed by atoms with Gasteiger partial charge in [0.2, 0.25) is 0 Å². The molecule has 1 aromatic rings. The number of nitrogens with two attached hydrogens (primary N) is 1. The molecule has 0 aliphatic rings. The Labute approximate surface area is 134 Å². The first kappa shape index (κ1) is 18.1. The van der Waals surface area contributed by atoms with Crippen molar-refractivity contribution in [1.29, 1.82) is 0 Å². The molecule has 0 aliphatic carbocycles. The van der Waals surface area contributed by atoms with Gasteiger partial charge in [-0.3, -0.25) is 4.57 Å². The van der Waals surface area contributed by atoms with E-state index in [1.165, 1.54) is 0 Å². The van der Waals surface area contributed by atoms with E-state index in [-0.39, 0.29) is 40.8 Å². The Balaban J connectivity index is 0.00000289. The summed E-state index contributed by atoms with van der Waals surface area (Å²) in [6, 6.07) is 6.81. The van der Waals surface area contributed by atoms with Crippen LogP contribution in [-0.2, 0) is 10.7 Å². The van der Waals surface area contributed by atoms with Crippen LogP contribution >= 0.6 is 19.8 Å². The normalized spacial score (nSPS) is 10.6. The van der Waals surface area contributed by atoms with Gasteiger partial charge in [0, 0.05) is 41.8 Å². The molecule has 1 radical (unpaired) electrons. The molecular formula is C10H15N2NaO3PS. The van der Waals surface area contributed by atoms with Crippen LogP contribution in [0.4, 0.5) is 5.69 Å². The van der Waals surface area contributed by atoms with E-state index in [0.29, 0.717) is 12.1 Å². The largest absolute Gasteiger partial charge is 0.376 e. The standard InChI is InChI=1S/C10H15N2O3PS.Na/c1-2-12(10(11)17)9-5-3-8(4-6-9)7-16(13,14)15;/h3-6H,2,7H2,1H3,(H2,11,17)(H2,13,14,15);. The van der Waals surface area contributed by atoms with Gasteiger partial charge in [-0.05, 0) is 36.8 Å². The van der Waals surface area contributed by atoms with Crippen molar-refractivity contribution >= 4 is 60.2 Å². The SMILES string of the molecule is CCN(C(N)=S)c1ccc(CP(=O)(O)O)cc1.[Na]. The second-order valence-electron chi connectivity index (χ2n) is 3.57. The summed E-state index contributed by atoms with van der Waals surface area (Å²) in [4.78, 5) is 19.4. The Kier molecular flexibility index (Phi) is 7.63. The van der Waals surface area contributed by atoms with Gasteiger partial charge < -0.3 is 20.4 Å². The third kappa shape index (κ3) is 5.80. The number of nitrogens with zero attached hydrogens (tertiary/aromatic N) is 1. The van der Waals surface area contributed by atoms with Crippen LogP contribution in [0.3, 0.4) is 0 Å². The van der Waals surface area contributed by atoms with Gasteiger partial charge in [-0.2, -0.15) is 0 Å². The summed E-state index contributed by atoms with van der Waals surface area (Å²) < 4.78 is 10.8. The van der Waals surface area contributed by atoms with Crippen molar-refractivity contribution in [2.75, 3.05) is 11.4 Å². The van der Waals surface area contributed by atoms with Crippen LogP contribution in [0.15, 0.2) is 24.3 Å². The number of hydrogen-bond acceptors (Lipinski definition) is 2. The zero-order valence-electron chi connectivity index (χ0n) is 10.4. The smallest absolute Gasteiger partial charge is 0.329 e. The van der Waals surface area contributed by atoms with Gasteiger partial charge in [-0.25, -0.2) is 0 Å². The fourth-order valence-electron chi connectivity index (χ4n) is 1.48. The molecular weight excluding hydrogens is 282 g/mol. The third-order valence-electron chi connectivity index (χ3n) is 2.22. The van der Waals surface area contributed by atoms with E-state index in [1.54, 1.807) is 29.2 Å². The summed E-state index contributed by atoms with van der Waals surface area (Å²) in [5.41, 5.74) is 6.95. The van der Waals surface area contributed by atoms with Crippen LogP contribution in [-0.4, -0.2) is 51.0 Å². The van der Waals surface area contributed by atoms with Gasteiger partial charge in [0.25, 0.3) is 0 Å². The Bertz CT molecular complexity index is 449. The van der Waals surface area contributed by atoms with Gasteiger partial charge in [0.15, 0.2) is 5.11 Å². The topological polar surface area (TPSA) is 86.8 Å². The minimum absolute atomic E-state index is 0. The summed E-state index contributed by atoms with van der Waals surface area (Å²) in [6.45, 7) is 2.57. The Morgan fingerprint density at radius 1 is 1.39 bits per heavy atom. The van der Waals surface area contributed by atoms with Crippen molar-refractivity contribution in [1.82, 2.24) is 0 Å². The van der Waals surface area contributed by atoms with Crippen LogP contribution in [0.25, 0.3) is 0 Å². The fraction of sp³-hybridized carbons (Fsp3) is 0.300. The minimum Gasteiger partial charge on any atom is -0.376 e. The predicted molar refractivity (Wildman–Crippen MR) is 77.7 cm³/mol. The van der Waals surface area contributed by atoms with Gasteiger partial charge in [-0.1, -0.05) is 12.1 Å². The first-order valence-electron chi connectivity index (χ1n) is 5.04. The molecule has 0 spiro atoms. The number of rotatable bonds is 4. The summed E-state index contributed by atoms with van der Waals surface area (Å²) in [5.74, 6) is 0. The average Bonchev–Trinajstić information content (AvgIpc) is 2.18. The monoisotopic (exact) mass is 297 g/mol. The van der Waals surface area contributed by atoms with Crippen molar-refractivity contribution < 1.29 is 14.4 Å². The van der Waals surface area contributed by atoms with E-state index < -0.39 is 7.60 Å². The van der Waals surface area contributed by atoms with Crippen molar-refractivity contribution in [2.24, 2.45) is 5.73 Å². The number of benzene rings is 1. The molecule has 0 atom stereocenters. The maximum absolute atomic E-state index is 10.8. The zero-order chi connectivity index (χ0) is 13.1. The molecule has 0 heterocycles. The molecule has 0 saturated heterocycles. The van der Waals surface area contributed by atoms with E-state index in [9.17, 15) is 4.57 Å². The first-order valence-corrected chi connectivity index (χ1v) is 7.24. The second-order valence-corrected chi connectivity index (χ2v) is 5.64. The number of thiocarbonyl (C=S) groups is 1. The van der Waals surface area contributed by atoms with Crippen molar-refractivity contribution in [3.63, 3.8) is 0 Å². The van der Waals surface area contributed by atoms with Crippen molar-refractivity contribution in [2.45, 2.75) is 13.1 Å². The molecule has 4 N–H and O–H groups in total. The molecule has 0 unspecified atom stereocenters. The fourth-order valence-corrected chi connectivity index (χ4v) is 2.41. The molecule has 5 nitrogen and oxygen atoms in total. The Morgan fingerprint density at radius 3 is 2.22 bits per heavy atom. The molecule has 8 heteroatoms. The van der Waals surface area contributed by atoms with Gasteiger partial charge in [0.05, 0.1) is 6.16 Å². The van der Waals surface area contributed by atoms with Gasteiger partial charge in [0.1, 0.15) is 0 Å². The average molecular weight is 297 g/mol. The second kappa shape index (κ2) is 7.60. The quantitative estimate of drug-likeness (QED) is 0.437. The molecule has 18 heavy (non-hydrogen) atoms. The van der Waals surface area contributed by atoms with E-state index in [1.807, 2.05) is 6.92 Å². The van der Waals surface area contributed by atoms with Crippen LogP contribution < -0.4 is 10.6 Å². The van der Waals surface area contributed by atoms with Gasteiger partial charge in [-0.15, -0.1) is 0 Å². The van der Waals surface area contributed by atoms with E-state index in [0.717, 1.165) is 5.69 Å². The van der Waals surface area contributed by atoms with Crippen LogP contribution in [0, 0.1) is 0 Å². The van der Waals surface area contributed by atoms with Crippen molar-refractivity contribution in [3.05, 3.63) is 29.8 Å². The van der Waals surface area contributed by atoms with E-state index >= 15 is 0 Å². The first-order chi connectivity index (χ1) is 7.83. The minimum atomic E-state index is -4.02. The Hall–Kier alpha value is 0.0600. The maximum atomic E-state index is 10.8. The number of anilines is 1. The molecule has 95 valence electrons. The summed E-state index contributed by atoms with van der Waals surface area (Å²) in [7, 11) is -4.02. The zero-order valence-corrected chi connectivity index (χ0v) is 14.1. The third-order valence-corrected chi connectivity index (χ3v) is 3.22. The van der Waals surface area contributed by atoms with Crippen LogP contribution in [0.1, 0.15) is 12.5 Å². The summed E-state index contributed by atoms with van der Waals surface area (Å²) in [5, 5.41) is 0.273. The van der Waals surface area contributed by atoms with E-state index in [2.05, 4.69) is 0 Å². The molecule has 1 aromatic carbocycles. The molecule has 0 amide bonds. The molecule has 0 aliphatic heterocycles. The predicted octanol–water partition coefficient (Wildman–Crippen LogP) is 1.05. The molecule has 1 rings (SSSR count). The summed E-state index contributed by atoms with van der Waals surface area (Å²) in [6.07, 6.45) is -0.257. The van der Waals surface area contributed by atoms with E-state index in [4.69, 9.17) is 27.7 Å². The molecule has 0 saturated carbocycles.